The summed E-state index contributed by atoms with van der Waals surface area (Å²) in [6.45, 7) is 3.50. The molecule has 0 amide bonds. The van der Waals surface area contributed by atoms with E-state index in [1.54, 1.807) is 13.8 Å². The highest BCUT2D eigenvalue weighted by Gasteiger charge is 2.17. The Bertz CT molecular complexity index is 386. The van der Waals surface area contributed by atoms with Crippen LogP contribution in [0, 0.1) is 0 Å². The van der Waals surface area contributed by atoms with E-state index in [0.29, 0.717) is 5.13 Å². The summed E-state index contributed by atoms with van der Waals surface area (Å²) in [4.78, 5) is 19.5. The Kier molecular flexibility index (Phi) is 3.62. The van der Waals surface area contributed by atoms with E-state index in [9.17, 15) is 4.79 Å². The number of hydrogen-bond acceptors (Lipinski definition) is 6. The van der Waals surface area contributed by atoms with E-state index < -0.39 is 5.97 Å². The number of nitrogens with zero attached hydrogens (tertiary/aromatic N) is 2. The third kappa shape index (κ3) is 3.21. The standard InChI is InChI=1S/C8H11N3O3S/c1-4(2)14-11-6(7(12)13)5-3-15-8(9)10-5/h3-4H,1-2H3,(H2,9,10)(H,12,13)/b11-6-. The monoisotopic (exact) mass is 229 g/mol. The fraction of sp³-hybridized carbons (Fsp3) is 0.375. The van der Waals surface area contributed by atoms with Crippen LogP contribution < -0.4 is 5.73 Å². The highest BCUT2D eigenvalue weighted by Crippen LogP contribution is 2.12. The highest BCUT2D eigenvalue weighted by molar-refractivity contribution is 7.13. The average Bonchev–Trinajstić information content (AvgIpc) is 2.51. The lowest BCUT2D eigenvalue weighted by molar-refractivity contribution is -0.129. The van der Waals surface area contributed by atoms with Crippen LogP contribution in [0.1, 0.15) is 19.5 Å². The molecule has 0 saturated carbocycles. The van der Waals surface area contributed by atoms with Crippen LogP contribution in [0.2, 0.25) is 0 Å². The second-order valence-corrected chi connectivity index (χ2v) is 3.86. The molecule has 0 spiro atoms. The quantitative estimate of drug-likeness (QED) is 0.591. The Morgan fingerprint density at radius 2 is 2.40 bits per heavy atom. The van der Waals surface area contributed by atoms with Crippen molar-refractivity contribution >= 4 is 28.1 Å². The van der Waals surface area contributed by atoms with Gasteiger partial charge in [0.1, 0.15) is 11.8 Å². The smallest absolute Gasteiger partial charge is 0.360 e. The molecule has 0 bridgehead atoms. The Balaban J connectivity index is 2.93. The second-order valence-electron chi connectivity index (χ2n) is 2.97. The molecule has 1 rings (SSSR count). The Labute approximate surface area is 90.4 Å². The maximum Gasteiger partial charge on any atom is 0.360 e. The minimum Gasteiger partial charge on any atom is -0.476 e. The van der Waals surface area contributed by atoms with Crippen LogP contribution in [0.25, 0.3) is 0 Å². The van der Waals surface area contributed by atoms with Crippen molar-refractivity contribution in [2.75, 3.05) is 5.73 Å². The minimum atomic E-state index is -1.19. The number of carboxylic acids is 1. The van der Waals surface area contributed by atoms with Crippen molar-refractivity contribution in [1.29, 1.82) is 0 Å². The van der Waals surface area contributed by atoms with Crippen molar-refractivity contribution in [1.82, 2.24) is 4.98 Å². The van der Waals surface area contributed by atoms with Crippen LogP contribution in [0.15, 0.2) is 10.5 Å². The van der Waals surface area contributed by atoms with Crippen LogP contribution in [0.3, 0.4) is 0 Å². The van der Waals surface area contributed by atoms with Gasteiger partial charge < -0.3 is 15.7 Å². The van der Waals surface area contributed by atoms with Crippen molar-refractivity contribution in [3.8, 4) is 0 Å². The number of carbonyl (C=O) groups is 1. The molecule has 82 valence electrons. The molecule has 0 saturated heterocycles. The lowest BCUT2D eigenvalue weighted by Gasteiger charge is -2.02. The average molecular weight is 229 g/mol. The van der Waals surface area contributed by atoms with Gasteiger partial charge in [0.05, 0.1) is 0 Å². The molecule has 15 heavy (non-hydrogen) atoms. The zero-order valence-electron chi connectivity index (χ0n) is 8.30. The molecular formula is C8H11N3O3S. The van der Waals surface area contributed by atoms with Crippen LogP contribution in [-0.4, -0.2) is 27.9 Å². The molecule has 1 heterocycles. The van der Waals surface area contributed by atoms with Crippen molar-refractivity contribution in [3.63, 3.8) is 0 Å². The maximum absolute atomic E-state index is 10.8. The number of nitrogen functional groups attached to an aromatic ring is 1. The molecular weight excluding hydrogens is 218 g/mol. The number of aliphatic carboxylic acids is 1. The molecule has 1 aromatic rings. The summed E-state index contributed by atoms with van der Waals surface area (Å²) in [7, 11) is 0. The fourth-order valence-electron chi connectivity index (χ4n) is 0.750. The first kappa shape index (κ1) is 11.4. The molecule has 0 aliphatic heterocycles. The van der Waals surface area contributed by atoms with Crippen molar-refractivity contribution in [3.05, 3.63) is 11.1 Å². The highest BCUT2D eigenvalue weighted by atomic mass is 32.1. The van der Waals surface area contributed by atoms with Gasteiger partial charge in [0.15, 0.2) is 5.13 Å². The van der Waals surface area contributed by atoms with Gasteiger partial charge in [0, 0.05) is 5.38 Å². The third-order valence-electron chi connectivity index (χ3n) is 1.32. The lowest BCUT2D eigenvalue weighted by Crippen LogP contribution is -2.16. The molecule has 6 nitrogen and oxygen atoms in total. The van der Waals surface area contributed by atoms with Crippen molar-refractivity contribution in [2.24, 2.45) is 5.16 Å². The second kappa shape index (κ2) is 4.74. The molecule has 0 aromatic carbocycles. The number of carboxylic acid groups (broad SMARTS) is 1. The van der Waals surface area contributed by atoms with Gasteiger partial charge in [0.2, 0.25) is 5.71 Å². The van der Waals surface area contributed by atoms with Crippen LogP contribution in [0.5, 0.6) is 0 Å². The van der Waals surface area contributed by atoms with Gasteiger partial charge >= 0.3 is 5.97 Å². The molecule has 3 N–H and O–H groups in total. The molecule has 0 atom stereocenters. The van der Waals surface area contributed by atoms with E-state index in [2.05, 4.69) is 10.1 Å². The molecule has 7 heteroatoms. The Morgan fingerprint density at radius 1 is 1.73 bits per heavy atom. The normalized spacial score (nSPS) is 11.8. The molecule has 0 radical (unpaired) electrons. The zero-order chi connectivity index (χ0) is 11.4. The first-order chi connectivity index (χ1) is 7.00. The van der Waals surface area contributed by atoms with E-state index in [1.165, 1.54) is 5.38 Å². The van der Waals surface area contributed by atoms with Crippen molar-refractivity contribution < 1.29 is 14.7 Å². The number of hydrogen-bond donors (Lipinski definition) is 2. The zero-order valence-corrected chi connectivity index (χ0v) is 9.11. The topological polar surface area (TPSA) is 97.8 Å². The summed E-state index contributed by atoms with van der Waals surface area (Å²) >= 11 is 1.15. The number of aromatic nitrogens is 1. The summed E-state index contributed by atoms with van der Waals surface area (Å²) in [6, 6.07) is 0. The number of nitrogens with two attached hydrogens (primary N) is 1. The van der Waals surface area contributed by atoms with Gasteiger partial charge in [0.25, 0.3) is 0 Å². The maximum atomic E-state index is 10.8. The largest absolute Gasteiger partial charge is 0.476 e. The summed E-state index contributed by atoms with van der Waals surface area (Å²) < 4.78 is 0. The third-order valence-corrected chi connectivity index (χ3v) is 2.00. The van der Waals surface area contributed by atoms with Gasteiger partial charge in [-0.3, -0.25) is 0 Å². The van der Waals surface area contributed by atoms with Crippen LogP contribution >= 0.6 is 11.3 Å². The van der Waals surface area contributed by atoms with Gasteiger partial charge in [-0.2, -0.15) is 0 Å². The van der Waals surface area contributed by atoms with Crippen LogP contribution in [-0.2, 0) is 9.63 Å². The van der Waals surface area contributed by atoms with E-state index in [0.717, 1.165) is 11.3 Å². The molecule has 0 aliphatic carbocycles. The molecule has 0 aliphatic rings. The van der Waals surface area contributed by atoms with Gasteiger partial charge in [-0.05, 0) is 13.8 Å². The van der Waals surface area contributed by atoms with E-state index in [-0.39, 0.29) is 17.5 Å². The van der Waals surface area contributed by atoms with E-state index in [1.807, 2.05) is 0 Å². The lowest BCUT2D eigenvalue weighted by atomic mass is 10.3. The summed E-state index contributed by atoms with van der Waals surface area (Å²) in [6.07, 6.45) is -0.185. The first-order valence-electron chi connectivity index (χ1n) is 4.19. The first-order valence-corrected chi connectivity index (χ1v) is 5.07. The number of thiazole rings is 1. The summed E-state index contributed by atoms with van der Waals surface area (Å²) in [5, 5.41) is 14.2. The predicted molar refractivity (Wildman–Crippen MR) is 56.9 cm³/mol. The van der Waals surface area contributed by atoms with Gasteiger partial charge in [-0.15, -0.1) is 11.3 Å². The predicted octanol–water partition coefficient (Wildman–Crippen LogP) is 0.939. The number of rotatable bonds is 4. The van der Waals surface area contributed by atoms with Gasteiger partial charge in [-0.25, -0.2) is 9.78 Å². The van der Waals surface area contributed by atoms with Gasteiger partial charge in [-0.1, -0.05) is 5.16 Å². The summed E-state index contributed by atoms with van der Waals surface area (Å²) in [5.41, 5.74) is 5.37. The Hall–Kier alpha value is -1.63. The SMILES string of the molecule is CC(C)O/N=C(\C(=O)O)c1csc(N)n1. The number of anilines is 1. The fourth-order valence-corrected chi connectivity index (χ4v) is 1.30. The van der Waals surface area contributed by atoms with Crippen LogP contribution in [0.4, 0.5) is 5.13 Å². The van der Waals surface area contributed by atoms with Crippen molar-refractivity contribution in [2.45, 2.75) is 20.0 Å². The molecule has 1 aromatic heterocycles. The molecule has 0 unspecified atom stereocenters. The Morgan fingerprint density at radius 3 is 2.80 bits per heavy atom. The number of oxime groups is 1. The summed E-state index contributed by atoms with van der Waals surface area (Å²) in [5.74, 6) is -1.19. The molecule has 0 fully saturated rings. The van der Waals surface area contributed by atoms with E-state index >= 15 is 0 Å². The van der Waals surface area contributed by atoms with E-state index in [4.69, 9.17) is 15.7 Å². The minimum absolute atomic E-state index is 0.185.